The normalized spacial score (nSPS) is 15.9. The van der Waals surface area contributed by atoms with Crippen LogP contribution in [0.15, 0.2) is 0 Å². The number of rotatable bonds is 19. The van der Waals surface area contributed by atoms with Crippen molar-refractivity contribution in [2.45, 2.75) is 136 Å². The smallest absolute Gasteiger partial charge is 0.286 e. The van der Waals surface area contributed by atoms with E-state index in [2.05, 4.69) is 14.0 Å². The summed E-state index contributed by atoms with van der Waals surface area (Å²) in [6, 6.07) is 0. The van der Waals surface area contributed by atoms with E-state index in [9.17, 15) is 0 Å². The van der Waals surface area contributed by atoms with E-state index in [0.717, 1.165) is 0 Å². The zero-order valence-electron chi connectivity index (χ0n) is 20.2. The van der Waals surface area contributed by atoms with E-state index in [0.29, 0.717) is 0 Å². The van der Waals surface area contributed by atoms with Crippen molar-refractivity contribution in [3.8, 4) is 0 Å². The summed E-state index contributed by atoms with van der Waals surface area (Å²) >= 11 is 0. The third-order valence-electron chi connectivity index (χ3n) is 3.43. The van der Waals surface area contributed by atoms with Crippen molar-refractivity contribution in [2.75, 3.05) is 26.4 Å². The highest BCUT2D eigenvalue weighted by molar-refractivity contribution is 5.98. The predicted molar refractivity (Wildman–Crippen MR) is 158 cm³/mol. The van der Waals surface area contributed by atoms with Crippen LogP contribution in [0.25, 0.3) is 0 Å². The van der Waals surface area contributed by atoms with Crippen LogP contribution in [0.4, 0.5) is 0 Å². The maximum atomic E-state index is 8.99. The predicted octanol–water partition coefficient (Wildman–Crippen LogP) is 2.98. The maximum Gasteiger partial charge on any atom is 0.286 e. The van der Waals surface area contributed by atoms with Gasteiger partial charge in [-0.25, -0.2) is 0 Å². The molecule has 0 rings (SSSR count). The Morgan fingerprint density at radius 3 is 0.974 bits per heavy atom. The fourth-order valence-electron chi connectivity index (χ4n) is 1.89. The molecule has 0 aromatic heterocycles. The van der Waals surface area contributed by atoms with Crippen molar-refractivity contribution in [3.05, 3.63) is 0 Å². The second-order valence-electron chi connectivity index (χ2n) is 6.76. The summed E-state index contributed by atoms with van der Waals surface area (Å²) in [6.45, 7) is 9.84. The first kappa shape index (κ1) is 58.4. The number of aliphatic hydroxyl groups excluding tert-OH is 3. The lowest BCUT2D eigenvalue weighted by molar-refractivity contribution is -0.199. The highest BCUT2D eigenvalue weighted by Gasteiger charge is 2.17. The largest absolute Gasteiger partial charge is 0.425 e. The maximum absolute atomic E-state index is 8.99. The standard InChI is InChI=1S/C9H17B3O6.C9H20O6.6CH4/c1-6(16-10)13-4-9(15-8(3)18-12)5-14-7(2)17-11;1-6(10)13-4-9(15-8(3)12)5-14-7(2)11;;;;;;/h6-9H,4-5H2,1-3H3;6-12H,4-5H2,1-3H3;6*1H4. The molecular formula is C24H61B3O12. The van der Waals surface area contributed by atoms with Crippen molar-refractivity contribution < 1.29 is 57.7 Å². The molecule has 0 saturated carbocycles. The fraction of sp³-hybridized carbons (Fsp3) is 1.00. The Morgan fingerprint density at radius 2 is 0.718 bits per heavy atom. The molecular weight excluding hydrogens is 513 g/mol. The summed E-state index contributed by atoms with van der Waals surface area (Å²) in [5.41, 5.74) is 0. The molecule has 0 aromatic rings. The topological polar surface area (TPSA) is 144 Å². The molecule has 0 heterocycles. The van der Waals surface area contributed by atoms with E-state index in [1.807, 2.05) is 0 Å². The van der Waals surface area contributed by atoms with Crippen LogP contribution in [0.2, 0.25) is 0 Å². The molecule has 0 amide bonds. The Hall–Kier alpha value is -0.285. The van der Waals surface area contributed by atoms with E-state index in [-0.39, 0.29) is 71.0 Å². The SMILES string of the molecule is C.C.C.C.C.C.CC(O)OCC(COC(C)O)OC(C)O.[B]OC(C)OCC(COC(C)O[B])OC(C)O[B]. The summed E-state index contributed by atoms with van der Waals surface area (Å²) in [5, 5.41) is 26.8. The van der Waals surface area contributed by atoms with Gasteiger partial charge in [0.05, 0.1) is 26.4 Å². The van der Waals surface area contributed by atoms with E-state index in [4.69, 9.17) is 67.9 Å². The summed E-state index contributed by atoms with van der Waals surface area (Å²) < 4.78 is 44.1. The molecule has 0 saturated heterocycles. The molecule has 0 aromatic carbocycles. The second kappa shape index (κ2) is 37.7. The number of hydrogen-bond acceptors (Lipinski definition) is 12. The van der Waals surface area contributed by atoms with Crippen LogP contribution in [-0.4, -0.2) is 116 Å². The molecule has 0 aliphatic carbocycles. The molecule has 15 heteroatoms. The molecule has 0 aliphatic heterocycles. The van der Waals surface area contributed by atoms with Gasteiger partial charge in [-0.3, -0.25) is 0 Å². The first-order valence-corrected chi connectivity index (χ1v) is 10.3. The van der Waals surface area contributed by atoms with Crippen LogP contribution < -0.4 is 0 Å². The van der Waals surface area contributed by atoms with E-state index < -0.39 is 49.9 Å². The summed E-state index contributed by atoms with van der Waals surface area (Å²) in [7, 11) is 14.9. The summed E-state index contributed by atoms with van der Waals surface area (Å²) in [6.07, 6.45) is -5.46. The number of aliphatic hydroxyl groups is 3. The Labute approximate surface area is 244 Å². The lowest BCUT2D eigenvalue weighted by Gasteiger charge is -2.24. The number of hydrogen-bond donors (Lipinski definition) is 3. The van der Waals surface area contributed by atoms with Gasteiger partial charge in [-0.15, -0.1) is 0 Å². The minimum absolute atomic E-state index is 0. The average molecular weight is 574 g/mol. The zero-order valence-corrected chi connectivity index (χ0v) is 20.2. The lowest BCUT2D eigenvalue weighted by atomic mass is 10.4. The van der Waals surface area contributed by atoms with Gasteiger partial charge < -0.3 is 57.7 Å². The van der Waals surface area contributed by atoms with Crippen molar-refractivity contribution in [1.29, 1.82) is 0 Å². The fourth-order valence-corrected chi connectivity index (χ4v) is 1.89. The van der Waals surface area contributed by atoms with E-state index in [1.165, 1.54) is 20.8 Å². The van der Waals surface area contributed by atoms with Gasteiger partial charge in [0.15, 0.2) is 18.9 Å². The van der Waals surface area contributed by atoms with Crippen LogP contribution >= 0.6 is 0 Å². The molecule has 6 atom stereocenters. The lowest BCUT2D eigenvalue weighted by Crippen LogP contribution is -2.33. The molecule has 0 bridgehead atoms. The van der Waals surface area contributed by atoms with Crippen molar-refractivity contribution in [1.82, 2.24) is 0 Å². The van der Waals surface area contributed by atoms with Crippen molar-refractivity contribution in [3.63, 3.8) is 0 Å². The van der Waals surface area contributed by atoms with Gasteiger partial charge >= 0.3 is 0 Å². The van der Waals surface area contributed by atoms with E-state index in [1.54, 1.807) is 20.8 Å². The minimum atomic E-state index is -0.954. The minimum Gasteiger partial charge on any atom is -0.425 e. The van der Waals surface area contributed by atoms with Gasteiger partial charge in [-0.2, -0.15) is 0 Å². The Morgan fingerprint density at radius 1 is 0.436 bits per heavy atom. The Balaban J connectivity index is -0.0000000720. The third-order valence-corrected chi connectivity index (χ3v) is 3.43. The van der Waals surface area contributed by atoms with Gasteiger partial charge in [0.2, 0.25) is 0 Å². The molecule has 3 N–H and O–H groups in total. The quantitative estimate of drug-likeness (QED) is 0.154. The summed E-state index contributed by atoms with van der Waals surface area (Å²) in [5.74, 6) is 0. The molecule has 0 aliphatic rings. The van der Waals surface area contributed by atoms with Crippen LogP contribution in [0, 0.1) is 0 Å². The second-order valence-corrected chi connectivity index (χ2v) is 6.76. The van der Waals surface area contributed by atoms with Crippen LogP contribution in [0.5, 0.6) is 0 Å². The monoisotopic (exact) mass is 574 g/mol. The molecule has 238 valence electrons. The summed E-state index contributed by atoms with van der Waals surface area (Å²) in [4.78, 5) is 0. The highest BCUT2D eigenvalue weighted by atomic mass is 16.7. The molecule has 12 nitrogen and oxygen atoms in total. The average Bonchev–Trinajstić information content (AvgIpc) is 2.76. The van der Waals surface area contributed by atoms with Crippen LogP contribution in [0.1, 0.15) is 86.1 Å². The molecule has 0 fully saturated rings. The van der Waals surface area contributed by atoms with Gasteiger partial charge in [0.1, 0.15) is 31.1 Å². The van der Waals surface area contributed by atoms with Crippen LogP contribution in [-0.2, 0) is 42.4 Å². The molecule has 6 radical (unpaired) electrons. The van der Waals surface area contributed by atoms with Crippen molar-refractivity contribution in [2.24, 2.45) is 0 Å². The zero-order chi connectivity index (χ0) is 25.8. The molecule has 0 spiro atoms. The van der Waals surface area contributed by atoms with Gasteiger partial charge in [0, 0.05) is 0 Å². The third kappa shape index (κ3) is 42.3. The van der Waals surface area contributed by atoms with Gasteiger partial charge in [0.25, 0.3) is 24.1 Å². The first-order valence-electron chi connectivity index (χ1n) is 10.3. The Bertz CT molecular complexity index is 402. The first-order chi connectivity index (χ1) is 15.4. The van der Waals surface area contributed by atoms with Gasteiger partial charge in [-0.05, 0) is 41.5 Å². The molecule has 39 heavy (non-hydrogen) atoms. The number of ether oxygens (including phenoxy) is 6. The van der Waals surface area contributed by atoms with Gasteiger partial charge in [-0.1, -0.05) is 44.6 Å². The Kier molecular flexibility index (Phi) is 56.4. The van der Waals surface area contributed by atoms with Crippen LogP contribution in [0.3, 0.4) is 0 Å². The molecule has 6 unspecified atom stereocenters. The van der Waals surface area contributed by atoms with Crippen molar-refractivity contribution >= 4 is 24.1 Å². The van der Waals surface area contributed by atoms with E-state index >= 15 is 0 Å². The highest BCUT2D eigenvalue weighted by Crippen LogP contribution is 2.05.